The number of aromatic nitrogens is 3. The van der Waals surface area contributed by atoms with Crippen LogP contribution in [-0.4, -0.2) is 51.7 Å². The third-order valence-electron chi connectivity index (χ3n) is 6.33. The summed E-state index contributed by atoms with van der Waals surface area (Å²) in [5.74, 6) is 4.56. The van der Waals surface area contributed by atoms with Crippen molar-refractivity contribution in [1.29, 1.82) is 0 Å². The summed E-state index contributed by atoms with van der Waals surface area (Å²) in [6.45, 7) is 5.09. The van der Waals surface area contributed by atoms with E-state index in [1.54, 1.807) is 6.33 Å². The van der Waals surface area contributed by atoms with E-state index in [0.29, 0.717) is 12.0 Å². The fourth-order valence-electron chi connectivity index (χ4n) is 4.79. The van der Waals surface area contributed by atoms with Crippen molar-refractivity contribution >= 4 is 5.96 Å². The Hall–Kier alpha value is -1.59. The molecule has 2 atom stereocenters. The van der Waals surface area contributed by atoms with E-state index in [9.17, 15) is 0 Å². The van der Waals surface area contributed by atoms with Crippen LogP contribution in [0, 0.1) is 11.8 Å². The lowest BCUT2D eigenvalue weighted by atomic mass is 9.85. The predicted molar refractivity (Wildman–Crippen MR) is 99.5 cm³/mol. The van der Waals surface area contributed by atoms with Crippen molar-refractivity contribution in [2.75, 3.05) is 19.6 Å². The third kappa shape index (κ3) is 3.98. The maximum atomic E-state index is 4.79. The molecule has 3 aliphatic rings. The summed E-state index contributed by atoms with van der Waals surface area (Å²) in [5, 5.41) is 10.8. The molecule has 2 unspecified atom stereocenters. The van der Waals surface area contributed by atoms with Gasteiger partial charge in [0.25, 0.3) is 0 Å². The van der Waals surface area contributed by atoms with Crippen LogP contribution >= 0.6 is 0 Å². The predicted octanol–water partition coefficient (Wildman–Crippen LogP) is 2.92. The normalized spacial score (nSPS) is 29.0. The van der Waals surface area contributed by atoms with E-state index in [0.717, 1.165) is 56.1 Å². The summed E-state index contributed by atoms with van der Waals surface area (Å²) in [6.07, 6.45) is 12.4. The Labute approximate surface area is 150 Å². The molecule has 4 rings (SSSR count). The lowest BCUT2D eigenvalue weighted by Gasteiger charge is -2.34. The largest absolute Gasteiger partial charge is 0.353 e. The molecule has 0 aromatic carbocycles. The van der Waals surface area contributed by atoms with Crippen LogP contribution in [0.15, 0.2) is 11.3 Å². The molecule has 3 fully saturated rings. The Kier molecular flexibility index (Phi) is 5.22. The fraction of sp³-hybridized carbons (Fsp3) is 0.842. The second-order valence-corrected chi connectivity index (χ2v) is 7.98. The number of rotatable bonds is 4. The van der Waals surface area contributed by atoms with Crippen molar-refractivity contribution < 1.29 is 0 Å². The highest BCUT2D eigenvalue weighted by Gasteiger charge is 2.44. The van der Waals surface area contributed by atoms with Gasteiger partial charge >= 0.3 is 0 Å². The SMILES string of the molecule is CCN=C(NC1CC1C1CCCCC1)N1CCC(c2ncn[nH]2)CC1. The number of aliphatic imine (C=N–C) groups is 1. The molecule has 138 valence electrons. The molecule has 2 N–H and O–H groups in total. The lowest BCUT2D eigenvalue weighted by Crippen LogP contribution is -2.46. The van der Waals surface area contributed by atoms with E-state index >= 15 is 0 Å². The van der Waals surface area contributed by atoms with E-state index in [2.05, 4.69) is 32.3 Å². The van der Waals surface area contributed by atoms with E-state index in [1.165, 1.54) is 38.5 Å². The molecule has 2 aliphatic carbocycles. The molecule has 1 aliphatic heterocycles. The first-order valence-corrected chi connectivity index (χ1v) is 10.3. The summed E-state index contributed by atoms with van der Waals surface area (Å²) < 4.78 is 0. The number of aromatic amines is 1. The molecule has 0 bridgehead atoms. The summed E-state index contributed by atoms with van der Waals surface area (Å²) >= 11 is 0. The Bertz CT molecular complexity index is 554. The van der Waals surface area contributed by atoms with Crippen LogP contribution in [0.5, 0.6) is 0 Å². The molecule has 6 heteroatoms. The van der Waals surface area contributed by atoms with E-state index in [-0.39, 0.29) is 0 Å². The van der Waals surface area contributed by atoms with E-state index < -0.39 is 0 Å². The monoisotopic (exact) mass is 344 g/mol. The first-order valence-electron chi connectivity index (χ1n) is 10.3. The lowest BCUT2D eigenvalue weighted by molar-refractivity contribution is 0.292. The highest BCUT2D eigenvalue weighted by Crippen LogP contribution is 2.44. The number of piperidine rings is 1. The molecular weight excluding hydrogens is 312 g/mol. The highest BCUT2D eigenvalue weighted by atomic mass is 15.3. The van der Waals surface area contributed by atoms with Crippen LogP contribution in [-0.2, 0) is 0 Å². The molecular formula is C19H32N6. The van der Waals surface area contributed by atoms with Crippen molar-refractivity contribution in [3.63, 3.8) is 0 Å². The Balaban J connectivity index is 1.29. The van der Waals surface area contributed by atoms with Crippen LogP contribution in [0.3, 0.4) is 0 Å². The van der Waals surface area contributed by atoms with Gasteiger partial charge in [0, 0.05) is 31.6 Å². The van der Waals surface area contributed by atoms with Crippen molar-refractivity contribution in [2.24, 2.45) is 16.8 Å². The van der Waals surface area contributed by atoms with Crippen LogP contribution in [0.2, 0.25) is 0 Å². The molecule has 1 saturated heterocycles. The Morgan fingerprint density at radius 1 is 1.24 bits per heavy atom. The van der Waals surface area contributed by atoms with Crippen LogP contribution in [0.1, 0.15) is 70.0 Å². The summed E-state index contributed by atoms with van der Waals surface area (Å²) in [4.78, 5) is 11.6. The average Bonchev–Trinajstić information content (AvgIpc) is 3.21. The quantitative estimate of drug-likeness (QED) is 0.651. The molecule has 2 saturated carbocycles. The summed E-state index contributed by atoms with van der Waals surface area (Å²) in [7, 11) is 0. The standard InChI is InChI=1S/C19H32N6/c1-2-20-19(23-17-12-16(17)14-6-4-3-5-7-14)25-10-8-15(9-11-25)18-21-13-22-24-18/h13-17H,2-12H2,1H3,(H,20,23)(H,21,22,24). The summed E-state index contributed by atoms with van der Waals surface area (Å²) in [6, 6.07) is 0.667. The van der Waals surface area contributed by atoms with Gasteiger partial charge in [-0.05, 0) is 38.0 Å². The molecule has 25 heavy (non-hydrogen) atoms. The van der Waals surface area contributed by atoms with Gasteiger partial charge in [0.1, 0.15) is 12.2 Å². The van der Waals surface area contributed by atoms with Gasteiger partial charge in [-0.3, -0.25) is 10.1 Å². The molecule has 0 spiro atoms. The van der Waals surface area contributed by atoms with Crippen molar-refractivity contribution in [3.05, 3.63) is 12.2 Å². The van der Waals surface area contributed by atoms with Gasteiger partial charge in [0.05, 0.1) is 0 Å². The smallest absolute Gasteiger partial charge is 0.194 e. The minimum absolute atomic E-state index is 0.512. The molecule has 6 nitrogen and oxygen atoms in total. The first kappa shape index (κ1) is 16.9. The Morgan fingerprint density at radius 3 is 2.72 bits per heavy atom. The minimum atomic E-state index is 0.512. The zero-order valence-corrected chi connectivity index (χ0v) is 15.5. The highest BCUT2D eigenvalue weighted by molar-refractivity contribution is 5.80. The molecule has 0 radical (unpaired) electrons. The van der Waals surface area contributed by atoms with Crippen molar-refractivity contribution in [3.8, 4) is 0 Å². The number of likely N-dealkylation sites (tertiary alicyclic amines) is 1. The number of guanidine groups is 1. The van der Waals surface area contributed by atoms with Gasteiger partial charge in [0.15, 0.2) is 5.96 Å². The van der Waals surface area contributed by atoms with E-state index in [1.807, 2.05) is 0 Å². The van der Waals surface area contributed by atoms with Crippen molar-refractivity contribution in [2.45, 2.75) is 70.3 Å². The molecule has 1 aromatic heterocycles. The number of nitrogens with one attached hydrogen (secondary N) is 2. The number of H-pyrrole nitrogens is 1. The number of hydrogen-bond donors (Lipinski definition) is 2. The summed E-state index contributed by atoms with van der Waals surface area (Å²) in [5.41, 5.74) is 0. The van der Waals surface area contributed by atoms with E-state index in [4.69, 9.17) is 4.99 Å². The van der Waals surface area contributed by atoms with Gasteiger partial charge in [-0.1, -0.05) is 32.1 Å². The zero-order valence-electron chi connectivity index (χ0n) is 15.5. The second-order valence-electron chi connectivity index (χ2n) is 7.98. The maximum Gasteiger partial charge on any atom is 0.194 e. The van der Waals surface area contributed by atoms with Gasteiger partial charge in [-0.15, -0.1) is 0 Å². The molecule has 1 aromatic rings. The average molecular weight is 345 g/mol. The van der Waals surface area contributed by atoms with Gasteiger partial charge in [-0.2, -0.15) is 5.10 Å². The van der Waals surface area contributed by atoms with Crippen molar-refractivity contribution in [1.82, 2.24) is 25.4 Å². The maximum absolute atomic E-state index is 4.79. The first-order chi connectivity index (χ1) is 12.3. The fourth-order valence-corrected chi connectivity index (χ4v) is 4.79. The number of hydrogen-bond acceptors (Lipinski definition) is 3. The van der Waals surface area contributed by atoms with Gasteiger partial charge < -0.3 is 10.2 Å². The van der Waals surface area contributed by atoms with Gasteiger partial charge in [0.2, 0.25) is 0 Å². The molecule has 0 amide bonds. The topological polar surface area (TPSA) is 69.2 Å². The van der Waals surface area contributed by atoms with Crippen LogP contribution in [0.4, 0.5) is 0 Å². The third-order valence-corrected chi connectivity index (χ3v) is 6.33. The zero-order chi connectivity index (χ0) is 17.1. The number of nitrogens with zero attached hydrogens (tertiary/aromatic N) is 4. The van der Waals surface area contributed by atoms with Crippen LogP contribution in [0.25, 0.3) is 0 Å². The minimum Gasteiger partial charge on any atom is -0.353 e. The molecule has 2 heterocycles. The second kappa shape index (κ2) is 7.75. The van der Waals surface area contributed by atoms with Gasteiger partial charge in [-0.25, -0.2) is 4.98 Å². The Morgan fingerprint density at radius 2 is 2.04 bits per heavy atom. The van der Waals surface area contributed by atoms with Crippen LogP contribution < -0.4 is 5.32 Å².